The predicted molar refractivity (Wildman–Crippen MR) is 82.5 cm³/mol. The fraction of sp³-hybridized carbons (Fsp3) is 0.733. The molecule has 1 atom stereocenters. The number of nitrogens with one attached hydrogen (secondary N) is 1. The Labute approximate surface area is 121 Å². The van der Waals surface area contributed by atoms with E-state index < -0.39 is 0 Å². The summed E-state index contributed by atoms with van der Waals surface area (Å²) in [6, 6.07) is 5.56. The van der Waals surface area contributed by atoms with E-state index >= 15 is 0 Å². The summed E-state index contributed by atoms with van der Waals surface area (Å²) in [6.45, 7) is 4.06. The second kappa shape index (κ2) is 7.36. The maximum Gasteiger partial charge on any atom is 0.118 e. The summed E-state index contributed by atoms with van der Waals surface area (Å²) in [7, 11) is 2.18. The molecule has 1 heterocycles. The van der Waals surface area contributed by atoms with Gasteiger partial charge >= 0.3 is 0 Å². The lowest BCUT2D eigenvalue weighted by Crippen LogP contribution is -2.28. The zero-order valence-corrected chi connectivity index (χ0v) is 13.1. The Morgan fingerprint density at radius 1 is 1.42 bits per heavy atom. The van der Waals surface area contributed by atoms with Gasteiger partial charge in [0.15, 0.2) is 0 Å². The van der Waals surface area contributed by atoms with Crippen molar-refractivity contribution in [1.29, 1.82) is 0 Å². The van der Waals surface area contributed by atoms with Crippen molar-refractivity contribution in [2.24, 2.45) is 0 Å². The fourth-order valence-electron chi connectivity index (χ4n) is 2.05. The molecule has 1 aromatic rings. The van der Waals surface area contributed by atoms with Gasteiger partial charge in [-0.25, -0.2) is 0 Å². The first-order valence-electron chi connectivity index (χ1n) is 7.19. The summed E-state index contributed by atoms with van der Waals surface area (Å²) < 4.78 is 5.88. The van der Waals surface area contributed by atoms with Gasteiger partial charge in [-0.1, -0.05) is 0 Å². The van der Waals surface area contributed by atoms with Crippen molar-refractivity contribution in [3.8, 4) is 0 Å². The van der Waals surface area contributed by atoms with Gasteiger partial charge in [-0.2, -0.15) is 11.8 Å². The first-order chi connectivity index (χ1) is 9.19. The third-order valence-electron chi connectivity index (χ3n) is 3.76. The molecule has 108 valence electrons. The van der Waals surface area contributed by atoms with Gasteiger partial charge < -0.3 is 9.73 Å². The molecule has 0 radical (unpaired) electrons. The van der Waals surface area contributed by atoms with E-state index in [1.807, 2.05) is 11.8 Å². The number of furan rings is 1. The lowest BCUT2D eigenvalue weighted by atomic mass is 10.2. The highest BCUT2D eigenvalue weighted by molar-refractivity contribution is 7.98. The summed E-state index contributed by atoms with van der Waals surface area (Å²) in [4.78, 5) is 2.37. The third-order valence-corrected chi connectivity index (χ3v) is 4.40. The molecule has 19 heavy (non-hydrogen) atoms. The third kappa shape index (κ3) is 5.21. The minimum absolute atomic E-state index is 0.602. The van der Waals surface area contributed by atoms with Gasteiger partial charge in [-0.05, 0) is 57.4 Å². The standard InChI is InChI=1S/C15H26N2OS/c1-12(8-9-19-3)17(2)11-15-7-6-14(18-15)10-16-13-4-5-13/h6-7,12-13,16H,4-5,8-11H2,1-3H3. The molecular weight excluding hydrogens is 256 g/mol. The lowest BCUT2D eigenvalue weighted by Gasteiger charge is -2.23. The molecule has 1 N–H and O–H groups in total. The highest BCUT2D eigenvalue weighted by Crippen LogP contribution is 2.20. The Balaban J connectivity index is 1.74. The molecule has 0 saturated heterocycles. The fourth-order valence-corrected chi connectivity index (χ4v) is 2.62. The van der Waals surface area contributed by atoms with Gasteiger partial charge in [-0.3, -0.25) is 4.90 Å². The quantitative estimate of drug-likeness (QED) is 0.753. The van der Waals surface area contributed by atoms with E-state index in [0.717, 1.165) is 30.7 Å². The van der Waals surface area contributed by atoms with Crippen LogP contribution in [0.25, 0.3) is 0 Å². The van der Waals surface area contributed by atoms with Crippen LogP contribution in [0.4, 0.5) is 0 Å². The summed E-state index contributed by atoms with van der Waals surface area (Å²) >= 11 is 1.91. The average molecular weight is 282 g/mol. The van der Waals surface area contributed by atoms with Crippen molar-refractivity contribution < 1.29 is 4.42 Å². The molecule has 2 rings (SSSR count). The second-order valence-electron chi connectivity index (χ2n) is 5.57. The molecule has 0 aliphatic heterocycles. The van der Waals surface area contributed by atoms with Crippen LogP contribution in [0.1, 0.15) is 37.7 Å². The smallest absolute Gasteiger partial charge is 0.118 e. The molecule has 3 nitrogen and oxygen atoms in total. The van der Waals surface area contributed by atoms with E-state index in [4.69, 9.17) is 4.42 Å². The number of thioether (sulfide) groups is 1. The zero-order chi connectivity index (χ0) is 13.7. The summed E-state index contributed by atoms with van der Waals surface area (Å²) in [5.74, 6) is 3.36. The molecule has 0 amide bonds. The van der Waals surface area contributed by atoms with Gasteiger partial charge in [0.2, 0.25) is 0 Å². The Hall–Kier alpha value is -0.450. The van der Waals surface area contributed by atoms with Crippen molar-refractivity contribution in [1.82, 2.24) is 10.2 Å². The lowest BCUT2D eigenvalue weighted by molar-refractivity contribution is 0.223. The zero-order valence-electron chi connectivity index (χ0n) is 12.3. The van der Waals surface area contributed by atoms with E-state index in [0.29, 0.717) is 6.04 Å². The van der Waals surface area contributed by atoms with E-state index in [9.17, 15) is 0 Å². The van der Waals surface area contributed by atoms with Crippen LogP contribution in [0, 0.1) is 0 Å². The molecule has 1 aliphatic carbocycles. The summed E-state index contributed by atoms with van der Waals surface area (Å²) in [5.41, 5.74) is 0. The van der Waals surface area contributed by atoms with Crippen LogP contribution in [-0.2, 0) is 13.1 Å². The van der Waals surface area contributed by atoms with Crippen LogP contribution >= 0.6 is 11.8 Å². The van der Waals surface area contributed by atoms with Crippen LogP contribution in [0.5, 0.6) is 0 Å². The van der Waals surface area contributed by atoms with E-state index in [2.05, 4.69) is 42.6 Å². The van der Waals surface area contributed by atoms with Crippen LogP contribution in [0.2, 0.25) is 0 Å². The monoisotopic (exact) mass is 282 g/mol. The number of rotatable bonds is 9. The van der Waals surface area contributed by atoms with Crippen molar-refractivity contribution >= 4 is 11.8 Å². The predicted octanol–water partition coefficient (Wildman–Crippen LogP) is 3.11. The van der Waals surface area contributed by atoms with Crippen LogP contribution in [0.3, 0.4) is 0 Å². The minimum Gasteiger partial charge on any atom is -0.463 e. The molecule has 1 aliphatic rings. The number of hydrogen-bond acceptors (Lipinski definition) is 4. The van der Waals surface area contributed by atoms with Gasteiger partial charge in [0.1, 0.15) is 11.5 Å². The summed E-state index contributed by atoms with van der Waals surface area (Å²) in [5, 5.41) is 3.48. The summed E-state index contributed by atoms with van der Waals surface area (Å²) in [6.07, 6.45) is 6.04. The Bertz CT molecular complexity index is 376. The molecule has 1 saturated carbocycles. The molecule has 0 bridgehead atoms. The number of nitrogens with zero attached hydrogens (tertiary/aromatic N) is 1. The Kier molecular flexibility index (Phi) is 5.79. The van der Waals surface area contributed by atoms with Crippen LogP contribution in [-0.4, -0.2) is 36.0 Å². The molecular formula is C15H26N2OS. The average Bonchev–Trinajstić information content (AvgIpc) is 3.13. The van der Waals surface area contributed by atoms with Crippen molar-refractivity contribution in [3.63, 3.8) is 0 Å². The molecule has 0 aromatic carbocycles. The van der Waals surface area contributed by atoms with Crippen LogP contribution < -0.4 is 5.32 Å². The van der Waals surface area contributed by atoms with Gasteiger partial charge in [-0.15, -0.1) is 0 Å². The van der Waals surface area contributed by atoms with Crippen molar-refractivity contribution in [3.05, 3.63) is 23.7 Å². The van der Waals surface area contributed by atoms with Crippen LogP contribution in [0.15, 0.2) is 16.5 Å². The minimum atomic E-state index is 0.602. The van der Waals surface area contributed by atoms with Crippen molar-refractivity contribution in [2.45, 2.75) is 51.4 Å². The SMILES string of the molecule is CSCCC(C)N(C)Cc1ccc(CNC2CC2)o1. The first-order valence-corrected chi connectivity index (χ1v) is 8.58. The molecule has 1 fully saturated rings. The van der Waals surface area contributed by atoms with Gasteiger partial charge in [0.05, 0.1) is 13.1 Å². The Morgan fingerprint density at radius 3 is 2.84 bits per heavy atom. The van der Waals surface area contributed by atoms with Gasteiger partial charge in [0, 0.05) is 12.1 Å². The Morgan fingerprint density at radius 2 is 2.16 bits per heavy atom. The largest absolute Gasteiger partial charge is 0.463 e. The molecule has 1 aromatic heterocycles. The van der Waals surface area contributed by atoms with Gasteiger partial charge in [0.25, 0.3) is 0 Å². The normalized spacial score (nSPS) is 17.1. The van der Waals surface area contributed by atoms with Crippen molar-refractivity contribution in [2.75, 3.05) is 19.1 Å². The highest BCUT2D eigenvalue weighted by atomic mass is 32.2. The topological polar surface area (TPSA) is 28.4 Å². The van der Waals surface area contributed by atoms with E-state index in [1.165, 1.54) is 25.0 Å². The maximum absolute atomic E-state index is 5.88. The highest BCUT2D eigenvalue weighted by Gasteiger charge is 2.20. The van der Waals surface area contributed by atoms with E-state index in [1.54, 1.807) is 0 Å². The second-order valence-corrected chi connectivity index (χ2v) is 6.55. The first kappa shape index (κ1) is 14.9. The maximum atomic E-state index is 5.88. The molecule has 4 heteroatoms. The molecule has 1 unspecified atom stereocenters. The van der Waals surface area contributed by atoms with E-state index in [-0.39, 0.29) is 0 Å². The molecule has 0 spiro atoms. The number of hydrogen-bond donors (Lipinski definition) is 1.